The van der Waals surface area contributed by atoms with E-state index in [9.17, 15) is 5.11 Å². The molecule has 2 aromatic carbocycles. The summed E-state index contributed by atoms with van der Waals surface area (Å²) in [4.78, 5) is 2.45. The van der Waals surface area contributed by atoms with Gasteiger partial charge in [0.1, 0.15) is 0 Å². The molecule has 2 aromatic rings. The highest BCUT2D eigenvalue weighted by Crippen LogP contribution is 2.38. The summed E-state index contributed by atoms with van der Waals surface area (Å²) >= 11 is 0. The molecule has 0 radical (unpaired) electrons. The molecule has 0 saturated carbocycles. The van der Waals surface area contributed by atoms with E-state index in [1.807, 2.05) is 43.3 Å². The van der Waals surface area contributed by atoms with Gasteiger partial charge in [0.05, 0.1) is 5.60 Å². The van der Waals surface area contributed by atoms with E-state index in [1.165, 1.54) is 5.56 Å². The van der Waals surface area contributed by atoms with Crippen LogP contribution in [0.1, 0.15) is 51.7 Å². The van der Waals surface area contributed by atoms with Crippen molar-refractivity contribution in [1.82, 2.24) is 4.90 Å². The fraction of sp³-hybridized carbons (Fsp3) is 0.455. The predicted molar refractivity (Wildman–Crippen MR) is 102 cm³/mol. The van der Waals surface area contributed by atoms with Gasteiger partial charge in [0.2, 0.25) is 0 Å². The molecule has 0 spiro atoms. The predicted octanol–water partition coefficient (Wildman–Crippen LogP) is 4.80. The van der Waals surface area contributed by atoms with Gasteiger partial charge in [0, 0.05) is 24.5 Å². The van der Waals surface area contributed by atoms with Gasteiger partial charge in [-0.15, -0.1) is 0 Å². The average molecular weight is 325 g/mol. The molecule has 24 heavy (non-hydrogen) atoms. The normalized spacial score (nSPS) is 15.7. The van der Waals surface area contributed by atoms with E-state index in [4.69, 9.17) is 0 Å². The Morgan fingerprint density at radius 3 is 1.75 bits per heavy atom. The van der Waals surface area contributed by atoms with Crippen LogP contribution in [0.15, 0.2) is 60.7 Å². The molecule has 2 atom stereocenters. The molecule has 1 N–H and O–H groups in total. The number of hydrogen-bond acceptors (Lipinski definition) is 2. The van der Waals surface area contributed by atoms with Crippen LogP contribution >= 0.6 is 0 Å². The molecule has 2 heteroatoms. The van der Waals surface area contributed by atoms with Crippen molar-refractivity contribution in [3.8, 4) is 0 Å². The second kappa shape index (κ2) is 7.96. The van der Waals surface area contributed by atoms with Crippen molar-refractivity contribution in [2.24, 2.45) is 0 Å². The fourth-order valence-electron chi connectivity index (χ4n) is 3.50. The van der Waals surface area contributed by atoms with Crippen molar-refractivity contribution in [1.29, 1.82) is 0 Å². The Bertz CT molecular complexity index is 596. The quantitative estimate of drug-likeness (QED) is 0.790. The zero-order chi connectivity index (χ0) is 17.7. The van der Waals surface area contributed by atoms with Crippen LogP contribution in [0.2, 0.25) is 0 Å². The second-order valence-electron chi connectivity index (χ2n) is 7.36. The van der Waals surface area contributed by atoms with E-state index in [1.54, 1.807) is 0 Å². The Morgan fingerprint density at radius 2 is 1.29 bits per heavy atom. The Morgan fingerprint density at radius 1 is 0.833 bits per heavy atom. The summed E-state index contributed by atoms with van der Waals surface area (Å²) in [6.45, 7) is 11.7. The molecule has 0 fully saturated rings. The van der Waals surface area contributed by atoms with Crippen LogP contribution in [0.4, 0.5) is 0 Å². The zero-order valence-corrected chi connectivity index (χ0v) is 15.6. The van der Waals surface area contributed by atoms with E-state index in [-0.39, 0.29) is 5.92 Å². The maximum absolute atomic E-state index is 11.5. The van der Waals surface area contributed by atoms with Gasteiger partial charge in [-0.3, -0.25) is 4.90 Å². The Kier molecular flexibility index (Phi) is 6.20. The molecule has 0 saturated heterocycles. The molecule has 130 valence electrons. The zero-order valence-electron chi connectivity index (χ0n) is 15.6. The van der Waals surface area contributed by atoms with Crippen LogP contribution in [0.5, 0.6) is 0 Å². The number of nitrogens with zero attached hydrogens (tertiary/aromatic N) is 1. The molecular formula is C22H31NO. The lowest BCUT2D eigenvalue weighted by molar-refractivity contribution is 0.00424. The minimum Gasteiger partial charge on any atom is -0.385 e. The van der Waals surface area contributed by atoms with Crippen molar-refractivity contribution in [3.05, 3.63) is 71.8 Å². The average Bonchev–Trinajstić information content (AvgIpc) is 2.56. The van der Waals surface area contributed by atoms with Crippen molar-refractivity contribution < 1.29 is 5.11 Å². The van der Waals surface area contributed by atoms with Gasteiger partial charge in [0.25, 0.3) is 0 Å². The second-order valence-corrected chi connectivity index (χ2v) is 7.36. The maximum atomic E-state index is 11.5. The van der Waals surface area contributed by atoms with E-state index in [0.29, 0.717) is 12.1 Å². The number of benzene rings is 2. The minimum atomic E-state index is -0.926. The molecule has 0 aliphatic heterocycles. The SMILES string of the molecule is CC(C)N(C[C@H](c1ccccc1)[C@@](C)(O)c1ccccc1)C(C)C. The van der Waals surface area contributed by atoms with Crippen molar-refractivity contribution in [2.45, 2.75) is 58.2 Å². The summed E-state index contributed by atoms with van der Waals surface area (Å²) < 4.78 is 0. The molecule has 0 unspecified atom stereocenters. The Balaban J connectivity index is 2.44. The molecule has 2 rings (SSSR count). The molecule has 0 heterocycles. The summed E-state index contributed by atoms with van der Waals surface area (Å²) in [6.07, 6.45) is 0. The fourth-order valence-corrected chi connectivity index (χ4v) is 3.50. The lowest BCUT2D eigenvalue weighted by Crippen LogP contribution is -2.45. The third kappa shape index (κ3) is 4.25. The van der Waals surface area contributed by atoms with Gasteiger partial charge in [-0.25, -0.2) is 0 Å². The highest BCUT2D eigenvalue weighted by Gasteiger charge is 2.36. The highest BCUT2D eigenvalue weighted by molar-refractivity contribution is 5.31. The molecule has 0 amide bonds. The van der Waals surface area contributed by atoms with Crippen molar-refractivity contribution in [3.63, 3.8) is 0 Å². The monoisotopic (exact) mass is 325 g/mol. The topological polar surface area (TPSA) is 23.5 Å². The number of hydrogen-bond donors (Lipinski definition) is 1. The first-order valence-corrected chi connectivity index (χ1v) is 8.92. The first kappa shape index (κ1) is 18.7. The molecular weight excluding hydrogens is 294 g/mol. The highest BCUT2D eigenvalue weighted by atomic mass is 16.3. The lowest BCUT2D eigenvalue weighted by atomic mass is 9.78. The number of aliphatic hydroxyl groups is 1. The molecule has 0 aliphatic carbocycles. The van der Waals surface area contributed by atoms with Crippen LogP contribution in [0.3, 0.4) is 0 Å². The minimum absolute atomic E-state index is 0.00546. The summed E-state index contributed by atoms with van der Waals surface area (Å²) in [6, 6.07) is 21.3. The Hall–Kier alpha value is -1.64. The van der Waals surface area contributed by atoms with E-state index in [2.05, 4.69) is 56.9 Å². The molecule has 0 aliphatic rings. The Labute approximate surface area is 147 Å². The third-order valence-electron chi connectivity index (χ3n) is 4.96. The summed E-state index contributed by atoms with van der Waals surface area (Å²) in [5.41, 5.74) is 1.22. The van der Waals surface area contributed by atoms with Crippen LogP contribution < -0.4 is 0 Å². The first-order valence-electron chi connectivity index (χ1n) is 8.92. The van der Waals surface area contributed by atoms with Gasteiger partial charge >= 0.3 is 0 Å². The van der Waals surface area contributed by atoms with E-state index in [0.717, 1.165) is 12.1 Å². The van der Waals surface area contributed by atoms with Gasteiger partial charge in [-0.05, 0) is 45.7 Å². The standard InChI is InChI=1S/C22H31NO/c1-17(2)23(18(3)4)16-21(19-12-8-6-9-13-19)22(5,24)20-14-10-7-11-15-20/h6-15,17-18,21,24H,16H2,1-5H3/t21-,22+/m1/s1. The lowest BCUT2D eigenvalue weighted by Gasteiger charge is -2.40. The van der Waals surface area contributed by atoms with Crippen LogP contribution in [0, 0.1) is 0 Å². The third-order valence-corrected chi connectivity index (χ3v) is 4.96. The summed E-state index contributed by atoms with van der Waals surface area (Å²) in [5.74, 6) is 0.00546. The summed E-state index contributed by atoms with van der Waals surface area (Å²) in [5, 5.41) is 11.5. The van der Waals surface area contributed by atoms with E-state index >= 15 is 0 Å². The van der Waals surface area contributed by atoms with Crippen LogP contribution in [-0.4, -0.2) is 28.6 Å². The van der Waals surface area contributed by atoms with Crippen LogP contribution in [-0.2, 0) is 5.60 Å². The van der Waals surface area contributed by atoms with Gasteiger partial charge in [0.15, 0.2) is 0 Å². The van der Waals surface area contributed by atoms with Crippen molar-refractivity contribution in [2.75, 3.05) is 6.54 Å². The van der Waals surface area contributed by atoms with Gasteiger partial charge in [-0.1, -0.05) is 60.7 Å². The van der Waals surface area contributed by atoms with Gasteiger partial charge in [-0.2, -0.15) is 0 Å². The smallest absolute Gasteiger partial charge is 0.0949 e. The number of rotatable bonds is 7. The van der Waals surface area contributed by atoms with Crippen molar-refractivity contribution >= 4 is 0 Å². The maximum Gasteiger partial charge on any atom is 0.0949 e. The van der Waals surface area contributed by atoms with Gasteiger partial charge < -0.3 is 5.11 Å². The first-order chi connectivity index (χ1) is 11.3. The van der Waals surface area contributed by atoms with Crippen LogP contribution in [0.25, 0.3) is 0 Å². The summed E-state index contributed by atoms with van der Waals surface area (Å²) in [7, 11) is 0. The molecule has 2 nitrogen and oxygen atoms in total. The molecule has 0 aromatic heterocycles. The molecule has 0 bridgehead atoms. The largest absolute Gasteiger partial charge is 0.385 e. The van der Waals surface area contributed by atoms with E-state index < -0.39 is 5.60 Å².